The van der Waals surface area contributed by atoms with Gasteiger partial charge in [0.1, 0.15) is 4.90 Å². The van der Waals surface area contributed by atoms with E-state index in [1.807, 2.05) is 6.92 Å². The number of benzene rings is 2. The van der Waals surface area contributed by atoms with Crippen LogP contribution in [0, 0.1) is 6.92 Å². The van der Waals surface area contributed by atoms with Gasteiger partial charge in [0.25, 0.3) is 10.1 Å². The van der Waals surface area contributed by atoms with Gasteiger partial charge in [-0.2, -0.15) is 13.2 Å². The van der Waals surface area contributed by atoms with Gasteiger partial charge in [0.2, 0.25) is 0 Å². The molecule has 0 bridgehead atoms. The van der Waals surface area contributed by atoms with E-state index in [9.17, 15) is 18.1 Å². The summed E-state index contributed by atoms with van der Waals surface area (Å²) in [6.45, 7) is 1.81. The smallest absolute Gasteiger partial charge is 0.324 e. The summed E-state index contributed by atoms with van der Waals surface area (Å²) >= 11 is 0. The van der Waals surface area contributed by atoms with Gasteiger partial charge < -0.3 is 10.6 Å². The Bertz CT molecular complexity index is 1020. The molecule has 0 radical (unpaired) electrons. The number of aliphatic hydroxyl groups excluding tert-OH is 1. The van der Waals surface area contributed by atoms with Crippen LogP contribution in [0.5, 0.6) is 0 Å². The largest absolute Gasteiger partial charge is 0.376 e. The lowest BCUT2D eigenvalue weighted by Crippen LogP contribution is -2.16. The summed E-state index contributed by atoms with van der Waals surface area (Å²) in [5.74, 6) is 0. The summed E-state index contributed by atoms with van der Waals surface area (Å²) in [5, 5.41) is 10.3. The fourth-order valence-corrected chi connectivity index (χ4v) is 3.52. The lowest BCUT2D eigenvalue weighted by molar-refractivity contribution is -0.0188. The van der Waals surface area contributed by atoms with Crippen molar-refractivity contribution in [3.05, 3.63) is 64.7 Å². The molecule has 0 heterocycles. The molecule has 7 heteroatoms. The second kappa shape index (κ2) is 5.81. The van der Waals surface area contributed by atoms with E-state index in [1.165, 1.54) is 12.1 Å². The van der Waals surface area contributed by atoms with Crippen LogP contribution in [0.1, 0.15) is 22.8 Å². The lowest BCUT2D eigenvalue weighted by Gasteiger charge is -2.18. The van der Waals surface area contributed by atoms with Crippen molar-refractivity contribution >= 4 is 21.9 Å². The summed E-state index contributed by atoms with van der Waals surface area (Å²) in [6.07, 6.45) is 1.98. The zero-order valence-corrected chi connectivity index (χ0v) is 13.5. The Balaban J connectivity index is 2.33. The molecule has 3 rings (SSSR count). The quantitative estimate of drug-likeness (QED) is 0.496. The fraction of sp³-hybridized carbons (Fsp3) is 0.118. The number of fused-ring (bicyclic) bond motifs is 1. The summed E-state index contributed by atoms with van der Waals surface area (Å²) in [5.41, 5.74) is 11.8. The van der Waals surface area contributed by atoms with Crippen molar-refractivity contribution in [2.24, 2.45) is 0 Å². The van der Waals surface area contributed by atoms with Crippen LogP contribution in [0.15, 0.2) is 47.4 Å². The fourth-order valence-electron chi connectivity index (χ4n) is 2.83. The zero-order valence-electron chi connectivity index (χ0n) is 12.7. The maximum absolute atomic E-state index is 11.7. The van der Waals surface area contributed by atoms with Gasteiger partial charge in [0.05, 0.1) is 0 Å². The molecular formula is C17H14N2O4S. The van der Waals surface area contributed by atoms with E-state index in [1.54, 1.807) is 36.4 Å². The number of hydrogen-bond donors (Lipinski definition) is 2. The number of nitrogens with zero attached hydrogens (tertiary/aromatic N) is 2. The Hall–Kier alpha value is -2.57. The Kier molecular flexibility index (Phi) is 3.95. The molecule has 2 N–H and O–H groups in total. The number of rotatable bonds is 2. The second-order valence-electron chi connectivity index (χ2n) is 5.54. The van der Waals surface area contributed by atoms with E-state index in [0.717, 1.165) is 5.56 Å². The van der Waals surface area contributed by atoms with Gasteiger partial charge in [-0.3, -0.25) is 4.55 Å². The van der Waals surface area contributed by atoms with Crippen molar-refractivity contribution in [1.82, 2.24) is 0 Å². The molecule has 24 heavy (non-hydrogen) atoms. The van der Waals surface area contributed by atoms with Crippen LogP contribution in [-0.2, 0) is 10.1 Å². The van der Waals surface area contributed by atoms with Gasteiger partial charge in [0.15, 0.2) is 6.10 Å². The first-order valence-electron chi connectivity index (χ1n) is 7.12. The van der Waals surface area contributed by atoms with Crippen molar-refractivity contribution in [3.8, 4) is 11.1 Å². The molecule has 1 aliphatic carbocycles. The van der Waals surface area contributed by atoms with E-state index >= 15 is 0 Å². The van der Waals surface area contributed by atoms with E-state index in [-0.39, 0.29) is 10.6 Å². The van der Waals surface area contributed by atoms with Gasteiger partial charge in [-0.25, -0.2) is 0 Å². The van der Waals surface area contributed by atoms with Crippen LogP contribution >= 0.6 is 0 Å². The summed E-state index contributed by atoms with van der Waals surface area (Å²) < 4.78 is 32.9. The number of aryl methyl sites for hydroxylation is 1. The Labute approximate surface area is 139 Å². The van der Waals surface area contributed by atoms with Gasteiger partial charge in [-0.1, -0.05) is 35.9 Å². The van der Waals surface area contributed by atoms with Crippen LogP contribution in [0.3, 0.4) is 0 Å². The van der Waals surface area contributed by atoms with Gasteiger partial charge in [-0.05, 0) is 30.2 Å². The highest BCUT2D eigenvalue weighted by atomic mass is 32.2. The third-order valence-electron chi connectivity index (χ3n) is 3.95. The first-order valence-corrected chi connectivity index (χ1v) is 8.56. The maximum atomic E-state index is 11.7. The van der Waals surface area contributed by atoms with Crippen molar-refractivity contribution in [2.75, 3.05) is 0 Å². The molecule has 0 amide bonds. The van der Waals surface area contributed by atoms with E-state index < -0.39 is 16.2 Å². The molecule has 0 aliphatic heterocycles. The van der Waals surface area contributed by atoms with Crippen molar-refractivity contribution < 1.29 is 22.9 Å². The molecule has 2 aromatic rings. The molecule has 1 atom stereocenters. The number of aliphatic hydroxyl groups is 1. The lowest BCUT2D eigenvalue weighted by atomic mass is 9.87. The van der Waals surface area contributed by atoms with Crippen LogP contribution in [0.2, 0.25) is 0 Å². The van der Waals surface area contributed by atoms with Crippen LogP contribution in [0.25, 0.3) is 22.7 Å². The summed E-state index contributed by atoms with van der Waals surface area (Å²) in [7, 11) is -4.40. The highest BCUT2D eigenvalue weighted by molar-refractivity contribution is 7.86. The minimum Gasteiger partial charge on any atom is -0.376 e. The first-order chi connectivity index (χ1) is 11.3. The number of hydrogen-bond acceptors (Lipinski definition) is 3. The van der Waals surface area contributed by atoms with Crippen molar-refractivity contribution in [2.45, 2.75) is 17.9 Å². The third kappa shape index (κ3) is 2.70. The first kappa shape index (κ1) is 16.3. The van der Waals surface area contributed by atoms with Crippen LogP contribution in [0.4, 0.5) is 0 Å². The highest BCUT2D eigenvalue weighted by Crippen LogP contribution is 2.37. The average molecular weight is 342 g/mol. The van der Waals surface area contributed by atoms with E-state index in [4.69, 9.17) is 5.53 Å². The van der Waals surface area contributed by atoms with Gasteiger partial charge in [-0.15, -0.1) is 0 Å². The van der Waals surface area contributed by atoms with Crippen LogP contribution in [-0.4, -0.2) is 28.6 Å². The summed E-state index contributed by atoms with van der Waals surface area (Å²) in [6, 6.07) is 9.66. The third-order valence-corrected chi connectivity index (χ3v) is 4.87. The zero-order chi connectivity index (χ0) is 17.5. The normalized spacial score (nSPS) is 16.6. The Morgan fingerprint density at radius 1 is 1.12 bits per heavy atom. The predicted molar refractivity (Wildman–Crippen MR) is 89.0 cm³/mol. The molecule has 6 nitrogen and oxygen atoms in total. The van der Waals surface area contributed by atoms with Gasteiger partial charge >= 0.3 is 5.71 Å². The molecule has 0 saturated heterocycles. The minimum atomic E-state index is -4.40. The molecule has 0 saturated carbocycles. The molecule has 2 aromatic carbocycles. The molecular weight excluding hydrogens is 328 g/mol. The molecule has 1 unspecified atom stereocenters. The van der Waals surface area contributed by atoms with E-state index in [0.29, 0.717) is 22.3 Å². The SMILES string of the molecule is Cc1ccc(S(=O)(=O)O)c(-c2cccc3c2C=CC(=[N+]=[N-])C3O)c1. The topological polar surface area (TPSA) is 111 Å². The van der Waals surface area contributed by atoms with E-state index in [2.05, 4.69) is 4.79 Å². The Morgan fingerprint density at radius 3 is 2.54 bits per heavy atom. The van der Waals surface area contributed by atoms with Crippen LogP contribution < -0.4 is 0 Å². The predicted octanol–water partition coefficient (Wildman–Crippen LogP) is 2.64. The van der Waals surface area contributed by atoms with Gasteiger partial charge in [0, 0.05) is 17.2 Å². The average Bonchev–Trinajstić information content (AvgIpc) is 2.53. The molecule has 0 fully saturated rings. The Morgan fingerprint density at radius 2 is 1.88 bits per heavy atom. The molecule has 1 aliphatic rings. The summed E-state index contributed by atoms with van der Waals surface area (Å²) in [4.78, 5) is 2.84. The molecule has 0 spiro atoms. The minimum absolute atomic E-state index is 0.0962. The second-order valence-corrected chi connectivity index (χ2v) is 6.93. The van der Waals surface area contributed by atoms with Crippen molar-refractivity contribution in [1.29, 1.82) is 0 Å². The maximum Gasteiger partial charge on any atom is 0.324 e. The standard InChI is InChI=1S/C17H14N2O4S/c1-10-5-8-16(24(21,22)23)14(9-10)11-3-2-4-13-12(11)6-7-15(19-18)17(13)20/h2-9,17,20H,1H3,(H,21,22,23). The van der Waals surface area contributed by atoms with Crippen molar-refractivity contribution in [3.63, 3.8) is 0 Å². The highest BCUT2D eigenvalue weighted by Gasteiger charge is 2.28. The molecule has 0 aromatic heterocycles. The molecule has 122 valence electrons. The monoisotopic (exact) mass is 342 g/mol.